The third-order valence-corrected chi connectivity index (χ3v) is 5.59. The number of nitrogens with one attached hydrogen (secondary N) is 1. The molecule has 0 atom stereocenters. The maximum atomic E-state index is 12.9. The molecule has 0 radical (unpaired) electrons. The number of carbonyl (C=O) groups excluding carboxylic acids is 1. The third kappa shape index (κ3) is 4.19. The summed E-state index contributed by atoms with van der Waals surface area (Å²) in [6, 6.07) is 11.8. The van der Waals surface area contributed by atoms with E-state index in [9.17, 15) is 4.79 Å². The van der Waals surface area contributed by atoms with E-state index in [2.05, 4.69) is 15.5 Å². The minimum absolute atomic E-state index is 0.223. The Hall–Kier alpha value is -3.00. The number of aromatic nitrogens is 3. The summed E-state index contributed by atoms with van der Waals surface area (Å²) in [4.78, 5) is 14.4. The summed E-state index contributed by atoms with van der Waals surface area (Å²) < 4.78 is 10.5. The van der Waals surface area contributed by atoms with Crippen LogP contribution in [0.3, 0.4) is 0 Å². The Bertz CT molecular complexity index is 1350. The number of anilines is 1. The molecule has 1 N–H and O–H groups in total. The molecule has 0 saturated carbocycles. The highest BCUT2D eigenvalue weighted by Gasteiger charge is 2.18. The Labute approximate surface area is 198 Å². The number of methoxy groups -OCH3 is 2. The van der Waals surface area contributed by atoms with Crippen molar-refractivity contribution in [2.24, 2.45) is 0 Å². The van der Waals surface area contributed by atoms with Crippen LogP contribution in [0.4, 0.5) is 5.69 Å². The second-order valence-electron chi connectivity index (χ2n) is 6.89. The summed E-state index contributed by atoms with van der Waals surface area (Å²) in [6.07, 6.45) is 0. The van der Waals surface area contributed by atoms with Gasteiger partial charge in [0, 0.05) is 10.7 Å². The third-order valence-electron chi connectivity index (χ3n) is 4.80. The van der Waals surface area contributed by atoms with Crippen LogP contribution in [0.15, 0.2) is 42.5 Å². The van der Waals surface area contributed by atoms with Crippen LogP contribution in [0.2, 0.25) is 15.1 Å². The smallest absolute Gasteiger partial charge is 0.259 e. The van der Waals surface area contributed by atoms with Gasteiger partial charge in [-0.05, 0) is 55.0 Å². The van der Waals surface area contributed by atoms with Crippen molar-refractivity contribution in [2.75, 3.05) is 19.5 Å². The minimum Gasteiger partial charge on any atom is -0.495 e. The summed E-state index contributed by atoms with van der Waals surface area (Å²) in [6.45, 7) is 1.86. The molecule has 0 saturated heterocycles. The summed E-state index contributed by atoms with van der Waals surface area (Å²) in [5, 5.41) is 12.9. The predicted molar refractivity (Wildman–Crippen MR) is 126 cm³/mol. The summed E-state index contributed by atoms with van der Waals surface area (Å²) >= 11 is 18.4. The highest BCUT2D eigenvalue weighted by atomic mass is 35.5. The van der Waals surface area contributed by atoms with Gasteiger partial charge in [0.25, 0.3) is 5.91 Å². The topological polar surface area (TPSA) is 78.3 Å². The predicted octanol–water partition coefficient (Wildman–Crippen LogP) is 5.96. The molecule has 0 aliphatic rings. The van der Waals surface area contributed by atoms with Crippen LogP contribution in [-0.4, -0.2) is 35.1 Å². The van der Waals surface area contributed by atoms with Crippen LogP contribution >= 0.6 is 34.8 Å². The van der Waals surface area contributed by atoms with Gasteiger partial charge in [-0.15, -0.1) is 10.2 Å². The molecule has 1 amide bonds. The number of hydrogen-bond acceptors (Lipinski definition) is 5. The van der Waals surface area contributed by atoms with Gasteiger partial charge in [-0.2, -0.15) is 4.80 Å². The highest BCUT2D eigenvalue weighted by molar-refractivity contribution is 6.36. The standard InChI is InChI=1S/C22H17Cl3N4O3/c1-11-6-18-19(28-29(27-18)13-4-5-20(31-2)15(24)9-13)10-17(11)26-22(30)14-7-12(23)8-16(25)21(14)32-3/h4-10H,1-3H3,(H,26,30). The molecular weight excluding hydrogens is 475 g/mol. The highest BCUT2D eigenvalue weighted by Crippen LogP contribution is 2.33. The fourth-order valence-corrected chi connectivity index (χ4v) is 4.05. The van der Waals surface area contributed by atoms with Crippen molar-refractivity contribution in [3.8, 4) is 17.2 Å². The average Bonchev–Trinajstić information content (AvgIpc) is 3.16. The van der Waals surface area contributed by atoms with Gasteiger partial charge in [0.2, 0.25) is 0 Å². The van der Waals surface area contributed by atoms with Gasteiger partial charge in [0.05, 0.1) is 35.5 Å². The number of benzene rings is 3. The average molecular weight is 492 g/mol. The Kier molecular flexibility index (Phi) is 6.15. The normalized spacial score (nSPS) is 10.9. The first-order valence-corrected chi connectivity index (χ1v) is 10.5. The van der Waals surface area contributed by atoms with E-state index in [4.69, 9.17) is 44.3 Å². The van der Waals surface area contributed by atoms with Crippen molar-refractivity contribution in [1.82, 2.24) is 15.0 Å². The van der Waals surface area contributed by atoms with Gasteiger partial charge in [-0.25, -0.2) is 0 Å². The van der Waals surface area contributed by atoms with E-state index in [0.29, 0.717) is 38.2 Å². The lowest BCUT2D eigenvalue weighted by Crippen LogP contribution is -2.14. The van der Waals surface area contributed by atoms with E-state index in [0.717, 1.165) is 5.56 Å². The molecule has 4 rings (SSSR count). The second-order valence-corrected chi connectivity index (χ2v) is 8.14. The molecule has 0 aliphatic heterocycles. The Morgan fingerprint density at radius 1 is 0.938 bits per heavy atom. The van der Waals surface area contributed by atoms with Gasteiger partial charge in [-0.1, -0.05) is 34.8 Å². The Morgan fingerprint density at radius 3 is 2.31 bits per heavy atom. The molecule has 0 unspecified atom stereocenters. The lowest BCUT2D eigenvalue weighted by atomic mass is 10.1. The van der Waals surface area contributed by atoms with E-state index in [1.165, 1.54) is 24.0 Å². The number of ether oxygens (including phenoxy) is 2. The second kappa shape index (κ2) is 8.86. The molecule has 4 aromatic rings. The molecule has 32 heavy (non-hydrogen) atoms. The molecule has 0 aliphatic carbocycles. The van der Waals surface area contributed by atoms with Crippen LogP contribution in [0.1, 0.15) is 15.9 Å². The van der Waals surface area contributed by atoms with Crippen molar-refractivity contribution < 1.29 is 14.3 Å². The first-order valence-electron chi connectivity index (χ1n) is 9.36. The maximum Gasteiger partial charge on any atom is 0.259 e. The molecule has 10 heteroatoms. The number of rotatable bonds is 5. The molecule has 3 aromatic carbocycles. The van der Waals surface area contributed by atoms with Gasteiger partial charge in [0.15, 0.2) is 0 Å². The van der Waals surface area contributed by atoms with Gasteiger partial charge in [0.1, 0.15) is 22.5 Å². The fourth-order valence-electron chi connectivity index (χ4n) is 3.22. The molecule has 1 aromatic heterocycles. The zero-order chi connectivity index (χ0) is 23.0. The van der Waals surface area contributed by atoms with Gasteiger partial charge >= 0.3 is 0 Å². The molecule has 1 heterocycles. The van der Waals surface area contributed by atoms with Crippen molar-refractivity contribution in [3.63, 3.8) is 0 Å². The number of hydrogen-bond donors (Lipinski definition) is 1. The molecule has 7 nitrogen and oxygen atoms in total. The maximum absolute atomic E-state index is 12.9. The van der Waals surface area contributed by atoms with Crippen LogP contribution in [-0.2, 0) is 0 Å². The van der Waals surface area contributed by atoms with Gasteiger partial charge < -0.3 is 14.8 Å². The molecule has 0 fully saturated rings. The number of aryl methyl sites for hydroxylation is 1. The Balaban J connectivity index is 1.68. The zero-order valence-corrected chi connectivity index (χ0v) is 19.5. The number of halogens is 3. The SMILES string of the molecule is COc1ccc(-n2nc3cc(C)c(NC(=O)c4cc(Cl)cc(Cl)c4OC)cc3n2)cc1Cl. The number of amides is 1. The Morgan fingerprint density at radius 2 is 1.66 bits per heavy atom. The van der Waals surface area contributed by atoms with E-state index >= 15 is 0 Å². The van der Waals surface area contributed by atoms with E-state index in [-0.39, 0.29) is 16.3 Å². The largest absolute Gasteiger partial charge is 0.495 e. The van der Waals surface area contributed by atoms with E-state index < -0.39 is 5.91 Å². The van der Waals surface area contributed by atoms with Crippen LogP contribution < -0.4 is 14.8 Å². The van der Waals surface area contributed by atoms with Crippen LogP contribution in [0.5, 0.6) is 11.5 Å². The quantitative estimate of drug-likeness (QED) is 0.373. The lowest BCUT2D eigenvalue weighted by molar-refractivity contribution is 0.102. The van der Waals surface area contributed by atoms with Crippen molar-refractivity contribution in [1.29, 1.82) is 0 Å². The minimum atomic E-state index is -0.414. The number of fused-ring (bicyclic) bond motifs is 1. The molecule has 164 valence electrons. The number of nitrogens with zero attached hydrogens (tertiary/aromatic N) is 3. The number of carbonyl (C=O) groups is 1. The lowest BCUT2D eigenvalue weighted by Gasteiger charge is -2.12. The summed E-state index contributed by atoms with van der Waals surface area (Å²) in [5.41, 5.74) is 3.53. The van der Waals surface area contributed by atoms with Crippen molar-refractivity contribution in [3.05, 3.63) is 68.7 Å². The monoisotopic (exact) mass is 490 g/mol. The van der Waals surface area contributed by atoms with Crippen LogP contribution in [0, 0.1) is 6.92 Å². The first kappa shape index (κ1) is 22.2. The van der Waals surface area contributed by atoms with Crippen molar-refractivity contribution >= 4 is 57.4 Å². The van der Waals surface area contributed by atoms with Crippen molar-refractivity contribution in [2.45, 2.75) is 6.92 Å². The molecule has 0 spiro atoms. The van der Waals surface area contributed by atoms with Crippen LogP contribution in [0.25, 0.3) is 16.7 Å². The molecule has 0 bridgehead atoms. The van der Waals surface area contributed by atoms with Gasteiger partial charge in [-0.3, -0.25) is 4.79 Å². The van der Waals surface area contributed by atoms with E-state index in [1.54, 1.807) is 31.4 Å². The zero-order valence-electron chi connectivity index (χ0n) is 17.2. The fraction of sp³-hybridized carbons (Fsp3) is 0.136. The summed E-state index contributed by atoms with van der Waals surface area (Å²) in [5.74, 6) is 0.391. The molecular formula is C22H17Cl3N4O3. The van der Waals surface area contributed by atoms with E-state index in [1.807, 2.05) is 13.0 Å². The summed E-state index contributed by atoms with van der Waals surface area (Å²) in [7, 11) is 2.99. The first-order chi connectivity index (χ1) is 15.3.